The third kappa shape index (κ3) is 3.84. The molecule has 0 aliphatic carbocycles. The summed E-state index contributed by atoms with van der Waals surface area (Å²) in [5.41, 5.74) is 0.871. The van der Waals surface area contributed by atoms with Crippen LogP contribution in [0.5, 0.6) is 0 Å². The average Bonchev–Trinajstić information content (AvgIpc) is 2.52. The molecule has 0 bridgehead atoms. The normalized spacial score (nSPS) is 13.5. The van der Waals surface area contributed by atoms with Crippen molar-refractivity contribution < 1.29 is 14.3 Å². The zero-order valence-electron chi connectivity index (χ0n) is 12.1. The maximum Gasteiger partial charge on any atom is 0.227 e. The van der Waals surface area contributed by atoms with Gasteiger partial charge in [0.25, 0.3) is 0 Å². The van der Waals surface area contributed by atoms with Crippen LogP contribution >= 0.6 is 11.6 Å². The third-order valence-electron chi connectivity index (χ3n) is 3.50. The predicted molar refractivity (Wildman–Crippen MR) is 84.2 cm³/mol. The van der Waals surface area contributed by atoms with E-state index in [1.54, 1.807) is 49.4 Å². The van der Waals surface area contributed by atoms with Gasteiger partial charge in [-0.15, -0.1) is 0 Å². The zero-order valence-corrected chi connectivity index (χ0v) is 12.8. The van der Waals surface area contributed by atoms with Crippen LogP contribution in [-0.2, 0) is 4.79 Å². The Hall–Kier alpha value is -1.91. The molecule has 5 heteroatoms. The molecular formula is C17H17ClFNO2. The predicted octanol–water partition coefficient (Wildman–Crippen LogP) is 3.43. The third-order valence-corrected chi connectivity index (χ3v) is 3.84. The Morgan fingerprint density at radius 3 is 2.41 bits per heavy atom. The van der Waals surface area contributed by atoms with E-state index in [9.17, 15) is 14.3 Å². The molecule has 1 amide bonds. The van der Waals surface area contributed by atoms with Crippen molar-refractivity contribution >= 4 is 17.5 Å². The van der Waals surface area contributed by atoms with E-state index in [0.29, 0.717) is 16.1 Å². The van der Waals surface area contributed by atoms with Gasteiger partial charge in [-0.3, -0.25) is 4.79 Å². The number of benzene rings is 2. The number of hydrogen-bond acceptors (Lipinski definition) is 2. The zero-order chi connectivity index (χ0) is 16.1. The minimum absolute atomic E-state index is 0.0152. The molecule has 0 aliphatic rings. The topological polar surface area (TPSA) is 49.3 Å². The Morgan fingerprint density at radius 2 is 1.77 bits per heavy atom. The molecule has 0 spiro atoms. The van der Waals surface area contributed by atoms with Crippen LogP contribution in [0.4, 0.5) is 4.39 Å². The number of rotatable bonds is 5. The fraction of sp³-hybridized carbons (Fsp3) is 0.235. The van der Waals surface area contributed by atoms with Crippen molar-refractivity contribution in [2.45, 2.75) is 18.9 Å². The molecule has 0 saturated heterocycles. The van der Waals surface area contributed by atoms with Gasteiger partial charge in [0.05, 0.1) is 12.0 Å². The summed E-state index contributed by atoms with van der Waals surface area (Å²) in [7, 11) is 0. The number of carbonyl (C=O) groups excluding carboxylic acids is 1. The monoisotopic (exact) mass is 321 g/mol. The molecule has 2 rings (SSSR count). The summed E-state index contributed by atoms with van der Waals surface area (Å²) in [6, 6.07) is 13.0. The Kier molecular flexibility index (Phi) is 5.52. The van der Waals surface area contributed by atoms with Crippen molar-refractivity contribution in [2.75, 3.05) is 6.54 Å². The second-order valence-corrected chi connectivity index (χ2v) is 5.43. The van der Waals surface area contributed by atoms with E-state index in [0.717, 1.165) is 0 Å². The SMILES string of the molecule is CC(C(=O)NCC(O)c1ccccc1Cl)c1ccccc1F. The van der Waals surface area contributed by atoms with Crippen molar-refractivity contribution in [1.29, 1.82) is 0 Å². The van der Waals surface area contributed by atoms with Gasteiger partial charge in [0.15, 0.2) is 0 Å². The van der Waals surface area contributed by atoms with Crippen molar-refractivity contribution in [1.82, 2.24) is 5.32 Å². The molecule has 0 saturated carbocycles. The largest absolute Gasteiger partial charge is 0.387 e. The van der Waals surface area contributed by atoms with E-state index in [1.807, 2.05) is 0 Å². The summed E-state index contributed by atoms with van der Waals surface area (Å²) in [6.07, 6.45) is -0.912. The van der Waals surface area contributed by atoms with E-state index >= 15 is 0 Å². The van der Waals surface area contributed by atoms with Crippen LogP contribution in [0.3, 0.4) is 0 Å². The van der Waals surface area contributed by atoms with Gasteiger partial charge in [0.1, 0.15) is 5.82 Å². The summed E-state index contributed by atoms with van der Waals surface area (Å²) >= 11 is 5.99. The lowest BCUT2D eigenvalue weighted by molar-refractivity contribution is -0.122. The fourth-order valence-corrected chi connectivity index (χ4v) is 2.43. The second kappa shape index (κ2) is 7.38. The van der Waals surface area contributed by atoms with Crippen molar-refractivity contribution in [2.24, 2.45) is 0 Å². The first-order chi connectivity index (χ1) is 10.5. The van der Waals surface area contributed by atoms with E-state index < -0.39 is 17.8 Å². The summed E-state index contributed by atoms with van der Waals surface area (Å²) < 4.78 is 13.7. The first-order valence-electron chi connectivity index (χ1n) is 6.95. The number of aliphatic hydroxyl groups excluding tert-OH is 1. The number of carbonyl (C=O) groups is 1. The molecule has 2 aromatic rings. The van der Waals surface area contributed by atoms with Crippen LogP contribution in [-0.4, -0.2) is 17.6 Å². The molecule has 0 radical (unpaired) electrons. The molecular weight excluding hydrogens is 305 g/mol. The van der Waals surface area contributed by atoms with Gasteiger partial charge in [-0.1, -0.05) is 48.0 Å². The Bertz CT molecular complexity index is 663. The minimum Gasteiger partial charge on any atom is -0.387 e. The summed E-state index contributed by atoms with van der Waals surface area (Å²) in [4.78, 5) is 12.1. The molecule has 0 heterocycles. The molecule has 3 nitrogen and oxygen atoms in total. The lowest BCUT2D eigenvalue weighted by Gasteiger charge is -2.17. The van der Waals surface area contributed by atoms with Gasteiger partial charge in [-0.25, -0.2) is 4.39 Å². The average molecular weight is 322 g/mol. The number of amides is 1. The molecule has 0 fully saturated rings. The van der Waals surface area contributed by atoms with Crippen molar-refractivity contribution in [3.8, 4) is 0 Å². The lowest BCUT2D eigenvalue weighted by Crippen LogP contribution is -2.32. The number of halogens is 2. The highest BCUT2D eigenvalue weighted by molar-refractivity contribution is 6.31. The maximum atomic E-state index is 13.7. The summed E-state index contributed by atoms with van der Waals surface area (Å²) in [5.74, 6) is -1.41. The number of aliphatic hydroxyl groups is 1. The molecule has 2 atom stereocenters. The summed E-state index contributed by atoms with van der Waals surface area (Å²) in [5, 5.41) is 13.1. The lowest BCUT2D eigenvalue weighted by atomic mass is 9.99. The second-order valence-electron chi connectivity index (χ2n) is 5.03. The van der Waals surface area contributed by atoms with Crippen molar-refractivity contribution in [3.05, 3.63) is 70.5 Å². The molecule has 2 unspecified atom stereocenters. The van der Waals surface area contributed by atoms with Gasteiger partial charge in [0, 0.05) is 17.1 Å². The molecule has 2 aromatic carbocycles. The smallest absolute Gasteiger partial charge is 0.227 e. The first-order valence-corrected chi connectivity index (χ1v) is 7.33. The van der Waals surface area contributed by atoms with Crippen LogP contribution in [0.2, 0.25) is 5.02 Å². The van der Waals surface area contributed by atoms with E-state index in [-0.39, 0.29) is 12.5 Å². The van der Waals surface area contributed by atoms with E-state index in [2.05, 4.69) is 5.32 Å². The number of hydrogen-bond donors (Lipinski definition) is 2. The van der Waals surface area contributed by atoms with Crippen LogP contribution in [0, 0.1) is 5.82 Å². The van der Waals surface area contributed by atoms with E-state index in [1.165, 1.54) is 6.07 Å². The van der Waals surface area contributed by atoms with Gasteiger partial charge >= 0.3 is 0 Å². The highest BCUT2D eigenvalue weighted by Gasteiger charge is 2.20. The Morgan fingerprint density at radius 1 is 1.18 bits per heavy atom. The van der Waals surface area contributed by atoms with Gasteiger partial charge in [-0.2, -0.15) is 0 Å². The van der Waals surface area contributed by atoms with Gasteiger partial charge in [-0.05, 0) is 24.6 Å². The summed E-state index contributed by atoms with van der Waals surface area (Å²) in [6.45, 7) is 1.64. The number of nitrogens with one attached hydrogen (secondary N) is 1. The highest BCUT2D eigenvalue weighted by atomic mass is 35.5. The molecule has 0 aromatic heterocycles. The van der Waals surface area contributed by atoms with Crippen molar-refractivity contribution in [3.63, 3.8) is 0 Å². The van der Waals surface area contributed by atoms with Crippen LogP contribution in [0.25, 0.3) is 0 Å². The minimum atomic E-state index is -0.912. The quantitative estimate of drug-likeness (QED) is 0.886. The van der Waals surface area contributed by atoms with Gasteiger partial charge < -0.3 is 10.4 Å². The highest BCUT2D eigenvalue weighted by Crippen LogP contribution is 2.23. The Labute approximate surface area is 133 Å². The van der Waals surface area contributed by atoms with Crippen LogP contribution < -0.4 is 5.32 Å². The van der Waals surface area contributed by atoms with Crippen LogP contribution in [0.15, 0.2) is 48.5 Å². The maximum absolute atomic E-state index is 13.7. The molecule has 22 heavy (non-hydrogen) atoms. The fourth-order valence-electron chi connectivity index (χ4n) is 2.17. The molecule has 0 aliphatic heterocycles. The van der Waals surface area contributed by atoms with Gasteiger partial charge in [0.2, 0.25) is 5.91 Å². The first kappa shape index (κ1) is 16.5. The Balaban J connectivity index is 1.98. The standard InChI is InChI=1S/C17H17ClFNO2/c1-11(12-6-3-5-9-15(12)19)17(22)20-10-16(21)13-7-2-4-8-14(13)18/h2-9,11,16,21H,10H2,1H3,(H,20,22). The molecule has 116 valence electrons. The molecule has 2 N–H and O–H groups in total. The van der Waals surface area contributed by atoms with E-state index in [4.69, 9.17) is 11.6 Å². The van der Waals surface area contributed by atoms with Crippen LogP contribution in [0.1, 0.15) is 30.1 Å².